The minimum atomic E-state index is 0.0509. The van der Waals surface area contributed by atoms with Gasteiger partial charge in [-0.2, -0.15) is 0 Å². The number of hydrogen-bond acceptors (Lipinski definition) is 4. The van der Waals surface area contributed by atoms with Gasteiger partial charge in [0.1, 0.15) is 11.5 Å². The van der Waals surface area contributed by atoms with Crippen LogP contribution in [0.3, 0.4) is 0 Å². The number of rotatable bonds is 4. The van der Waals surface area contributed by atoms with Crippen molar-refractivity contribution >= 4 is 5.91 Å². The molecule has 0 unspecified atom stereocenters. The Morgan fingerprint density at radius 3 is 2.77 bits per heavy atom. The lowest BCUT2D eigenvalue weighted by Gasteiger charge is -2.57. The zero-order chi connectivity index (χ0) is 21.4. The van der Waals surface area contributed by atoms with Crippen LogP contribution >= 0.6 is 0 Å². The minimum absolute atomic E-state index is 0.0509. The van der Waals surface area contributed by atoms with Gasteiger partial charge in [-0.25, -0.2) is 0 Å². The van der Waals surface area contributed by atoms with Crippen LogP contribution in [0, 0.1) is 11.8 Å². The van der Waals surface area contributed by atoms with E-state index in [9.17, 15) is 9.90 Å². The molecule has 0 radical (unpaired) electrons. The molecule has 4 atom stereocenters. The van der Waals surface area contributed by atoms with Crippen molar-refractivity contribution in [2.75, 3.05) is 26.7 Å². The van der Waals surface area contributed by atoms with Crippen molar-refractivity contribution in [2.24, 2.45) is 11.8 Å². The van der Waals surface area contributed by atoms with E-state index in [1.54, 1.807) is 25.3 Å². The Hall–Kier alpha value is -2.53. The minimum Gasteiger partial charge on any atom is -0.508 e. The average Bonchev–Trinajstić information content (AvgIpc) is 2.81. The monoisotopic (exact) mass is 420 g/mol. The molecular weight excluding hydrogens is 388 g/mol. The van der Waals surface area contributed by atoms with Gasteiger partial charge in [0.25, 0.3) is 5.91 Å². The molecule has 164 valence electrons. The Morgan fingerprint density at radius 1 is 1.10 bits per heavy atom. The fourth-order valence-electron chi connectivity index (χ4n) is 6.22. The summed E-state index contributed by atoms with van der Waals surface area (Å²) in [6.45, 7) is 2.80. The fourth-order valence-corrected chi connectivity index (χ4v) is 6.22. The average molecular weight is 421 g/mol. The second-order valence-electron chi connectivity index (χ2n) is 9.44. The van der Waals surface area contributed by atoms with Crippen LogP contribution in [-0.2, 0) is 6.42 Å². The number of fused-ring (bicyclic) bond motifs is 4. The molecule has 5 rings (SSSR count). The lowest BCUT2D eigenvalue weighted by atomic mass is 9.71. The molecule has 2 aromatic rings. The number of piperidine rings is 3. The second kappa shape index (κ2) is 8.54. The molecule has 1 amide bonds. The van der Waals surface area contributed by atoms with E-state index in [0.717, 1.165) is 25.3 Å². The molecule has 3 heterocycles. The molecule has 5 heteroatoms. The van der Waals surface area contributed by atoms with E-state index in [1.807, 2.05) is 12.1 Å². The summed E-state index contributed by atoms with van der Waals surface area (Å²) in [5, 5.41) is 9.84. The van der Waals surface area contributed by atoms with Gasteiger partial charge < -0.3 is 14.7 Å². The van der Waals surface area contributed by atoms with Crippen LogP contribution in [0.5, 0.6) is 11.5 Å². The van der Waals surface area contributed by atoms with Gasteiger partial charge in [0.15, 0.2) is 0 Å². The molecule has 3 aliphatic rings. The fraction of sp³-hybridized carbons (Fsp3) is 0.500. The number of hydrogen-bond donors (Lipinski definition) is 1. The molecule has 0 aliphatic carbocycles. The van der Waals surface area contributed by atoms with E-state index >= 15 is 0 Å². The first-order valence-corrected chi connectivity index (χ1v) is 11.6. The summed E-state index contributed by atoms with van der Waals surface area (Å²) in [4.78, 5) is 18.1. The van der Waals surface area contributed by atoms with Crippen LogP contribution in [0.25, 0.3) is 0 Å². The number of ether oxygens (including phenoxy) is 1. The number of phenols is 1. The summed E-state index contributed by atoms with van der Waals surface area (Å²) in [5.41, 5.74) is 1.90. The molecule has 0 saturated carbocycles. The molecule has 5 nitrogen and oxygen atoms in total. The van der Waals surface area contributed by atoms with E-state index < -0.39 is 0 Å². The molecule has 0 aromatic heterocycles. The first kappa shape index (κ1) is 20.4. The van der Waals surface area contributed by atoms with Gasteiger partial charge in [-0.05, 0) is 80.0 Å². The standard InChI is InChI=1S/C26H32N2O3/c1-31-23-9-4-6-18(12-23)13-25-21-14-20(24-10-2-3-11-28(24)25)16-27(17-21)26(30)19-7-5-8-22(29)15-19/h4-9,12,15,20-21,24-25,29H,2-3,10-11,13-14,16-17H2,1H3/t20-,21+,24+,25+/m1/s1. The Labute approximate surface area is 184 Å². The summed E-state index contributed by atoms with van der Waals surface area (Å²) in [6, 6.07) is 16.2. The number of carbonyl (C=O) groups is 1. The van der Waals surface area contributed by atoms with Crippen molar-refractivity contribution in [1.29, 1.82) is 0 Å². The molecule has 1 N–H and O–H groups in total. The van der Waals surface area contributed by atoms with Crippen molar-refractivity contribution in [3.05, 3.63) is 59.7 Å². The number of nitrogens with zero attached hydrogens (tertiary/aromatic N) is 2. The molecule has 3 fully saturated rings. The van der Waals surface area contributed by atoms with Crippen molar-refractivity contribution in [3.63, 3.8) is 0 Å². The highest BCUT2D eigenvalue weighted by Gasteiger charge is 2.47. The normalized spacial score (nSPS) is 28.1. The Bertz CT molecular complexity index is 946. The Kier molecular flexibility index (Phi) is 5.61. The number of carbonyl (C=O) groups excluding carboxylic acids is 1. The van der Waals surface area contributed by atoms with Crippen LogP contribution in [0.15, 0.2) is 48.5 Å². The number of benzene rings is 2. The number of amides is 1. The lowest BCUT2D eigenvalue weighted by Crippen LogP contribution is -2.64. The Morgan fingerprint density at radius 2 is 1.94 bits per heavy atom. The van der Waals surface area contributed by atoms with Crippen molar-refractivity contribution in [2.45, 2.75) is 44.2 Å². The van der Waals surface area contributed by atoms with E-state index in [2.05, 4.69) is 28.0 Å². The number of likely N-dealkylation sites (tertiary alicyclic amines) is 1. The quantitative estimate of drug-likeness (QED) is 0.814. The van der Waals surface area contributed by atoms with E-state index in [0.29, 0.717) is 29.5 Å². The second-order valence-corrected chi connectivity index (χ2v) is 9.44. The third-order valence-electron chi connectivity index (χ3n) is 7.58. The van der Waals surface area contributed by atoms with Crippen LogP contribution < -0.4 is 4.74 Å². The first-order chi connectivity index (χ1) is 15.1. The molecule has 2 aromatic carbocycles. The molecule has 3 aliphatic heterocycles. The summed E-state index contributed by atoms with van der Waals surface area (Å²) in [7, 11) is 1.72. The number of aromatic hydroxyl groups is 1. The highest BCUT2D eigenvalue weighted by Crippen LogP contribution is 2.42. The SMILES string of the molecule is COc1cccc(C[C@H]2[C@H]3C[C@H](CN(C(=O)c4cccc(O)c4)C3)[C@@H]3CCCCN32)c1. The third-order valence-corrected chi connectivity index (χ3v) is 7.58. The van der Waals surface area contributed by atoms with Gasteiger partial charge in [0, 0.05) is 30.7 Å². The van der Waals surface area contributed by atoms with Crippen LogP contribution in [0.1, 0.15) is 41.6 Å². The predicted molar refractivity (Wildman–Crippen MR) is 120 cm³/mol. The zero-order valence-electron chi connectivity index (χ0n) is 18.2. The highest BCUT2D eigenvalue weighted by atomic mass is 16.5. The number of methoxy groups -OCH3 is 1. The zero-order valence-corrected chi connectivity index (χ0v) is 18.2. The number of phenolic OH excluding ortho intramolecular Hbond substituents is 1. The van der Waals surface area contributed by atoms with Gasteiger partial charge in [0.2, 0.25) is 0 Å². The summed E-state index contributed by atoms with van der Waals surface area (Å²) in [5.74, 6) is 2.13. The van der Waals surface area contributed by atoms with Gasteiger partial charge in [0.05, 0.1) is 7.11 Å². The summed E-state index contributed by atoms with van der Waals surface area (Å²) < 4.78 is 5.45. The van der Waals surface area contributed by atoms with Gasteiger partial charge in [-0.15, -0.1) is 0 Å². The van der Waals surface area contributed by atoms with Gasteiger partial charge in [-0.3, -0.25) is 9.69 Å². The molecule has 2 bridgehead atoms. The molecule has 3 saturated heterocycles. The third kappa shape index (κ3) is 4.03. The van der Waals surface area contributed by atoms with E-state index in [-0.39, 0.29) is 11.7 Å². The van der Waals surface area contributed by atoms with E-state index in [1.165, 1.54) is 37.8 Å². The van der Waals surface area contributed by atoms with Gasteiger partial charge in [-0.1, -0.05) is 24.6 Å². The maximum atomic E-state index is 13.3. The topological polar surface area (TPSA) is 53.0 Å². The van der Waals surface area contributed by atoms with Crippen LogP contribution in [-0.4, -0.2) is 59.6 Å². The summed E-state index contributed by atoms with van der Waals surface area (Å²) >= 11 is 0. The lowest BCUT2D eigenvalue weighted by molar-refractivity contribution is -0.0642. The van der Waals surface area contributed by atoms with Crippen LogP contribution in [0.4, 0.5) is 0 Å². The molecule has 31 heavy (non-hydrogen) atoms. The first-order valence-electron chi connectivity index (χ1n) is 11.6. The van der Waals surface area contributed by atoms with E-state index in [4.69, 9.17) is 4.74 Å². The smallest absolute Gasteiger partial charge is 0.254 e. The Balaban J connectivity index is 1.41. The predicted octanol–water partition coefficient (Wildman–Crippen LogP) is 3.96. The van der Waals surface area contributed by atoms with Crippen molar-refractivity contribution < 1.29 is 14.6 Å². The van der Waals surface area contributed by atoms with Crippen molar-refractivity contribution in [3.8, 4) is 11.5 Å². The van der Waals surface area contributed by atoms with Gasteiger partial charge >= 0.3 is 0 Å². The maximum Gasteiger partial charge on any atom is 0.254 e. The summed E-state index contributed by atoms with van der Waals surface area (Å²) in [6.07, 6.45) is 6.00. The van der Waals surface area contributed by atoms with Crippen molar-refractivity contribution in [1.82, 2.24) is 9.80 Å². The maximum absolute atomic E-state index is 13.3. The van der Waals surface area contributed by atoms with Crippen LogP contribution in [0.2, 0.25) is 0 Å². The molecule has 0 spiro atoms. The molecular formula is C26H32N2O3. The largest absolute Gasteiger partial charge is 0.508 e. The highest BCUT2D eigenvalue weighted by molar-refractivity contribution is 5.94.